The number of carbonyl (C=O) groups is 3. The molecule has 0 aliphatic carbocycles. The fraction of sp³-hybridized carbons (Fsp3) is 0.278. The number of rotatable bonds is 7. The highest BCUT2D eigenvalue weighted by atomic mass is 16.5. The number of esters is 2. The first kappa shape index (κ1) is 19.0. The summed E-state index contributed by atoms with van der Waals surface area (Å²) in [6.45, 7) is 2.80. The number of hydrogen-bond donors (Lipinski definition) is 0. The normalized spacial score (nSPS) is 10.1. The molecule has 0 fully saturated rings. The van der Waals surface area contributed by atoms with Crippen LogP contribution < -0.4 is 4.90 Å². The molecule has 0 N–H and O–H groups in total. The molecular formula is C18H19N3O5. The minimum atomic E-state index is -0.769. The molecule has 2 rings (SSSR count). The zero-order valence-electron chi connectivity index (χ0n) is 14.5. The highest BCUT2D eigenvalue weighted by Gasteiger charge is 2.22. The molecule has 0 aliphatic heterocycles. The maximum absolute atomic E-state index is 12.5. The summed E-state index contributed by atoms with van der Waals surface area (Å²) < 4.78 is 9.88. The van der Waals surface area contributed by atoms with E-state index in [0.717, 1.165) is 0 Å². The predicted molar refractivity (Wildman–Crippen MR) is 92.5 cm³/mol. The lowest BCUT2D eigenvalue weighted by atomic mass is 10.3. The molecule has 0 spiro atoms. The van der Waals surface area contributed by atoms with E-state index in [-0.39, 0.29) is 18.8 Å². The van der Waals surface area contributed by atoms with Crippen LogP contribution in [0.4, 0.5) is 5.69 Å². The molecule has 26 heavy (non-hydrogen) atoms. The Hall–Kier alpha value is -3.29. The largest absolute Gasteiger partial charge is 0.465 e. The Morgan fingerprint density at radius 1 is 1.04 bits per heavy atom. The van der Waals surface area contributed by atoms with E-state index in [1.807, 2.05) is 0 Å². The Kier molecular flexibility index (Phi) is 6.78. The molecule has 0 aliphatic rings. The fourth-order valence-corrected chi connectivity index (χ4v) is 2.04. The van der Waals surface area contributed by atoms with Crippen molar-refractivity contribution < 1.29 is 23.9 Å². The Labute approximate surface area is 150 Å². The van der Waals surface area contributed by atoms with Gasteiger partial charge < -0.3 is 9.47 Å². The van der Waals surface area contributed by atoms with Crippen LogP contribution in [0.15, 0.2) is 42.7 Å². The van der Waals surface area contributed by atoms with Crippen molar-refractivity contribution in [3.05, 3.63) is 54.1 Å². The number of anilines is 1. The summed E-state index contributed by atoms with van der Waals surface area (Å²) in [6, 6.07) is 8.59. The van der Waals surface area contributed by atoms with Gasteiger partial charge in [-0.2, -0.15) is 0 Å². The summed E-state index contributed by atoms with van der Waals surface area (Å²) in [4.78, 5) is 45.3. The van der Waals surface area contributed by atoms with Crippen LogP contribution in [0.1, 0.15) is 23.1 Å². The molecule has 0 saturated heterocycles. The highest BCUT2D eigenvalue weighted by molar-refractivity contribution is 5.99. The molecule has 8 heteroatoms. The van der Waals surface area contributed by atoms with Gasteiger partial charge in [-0.25, -0.2) is 9.78 Å². The smallest absolute Gasteiger partial charge is 0.359 e. The van der Waals surface area contributed by atoms with Crippen molar-refractivity contribution >= 4 is 23.5 Å². The molecule has 1 amide bonds. The number of carbonyl (C=O) groups excluding carboxylic acids is 3. The van der Waals surface area contributed by atoms with E-state index in [1.54, 1.807) is 44.2 Å². The van der Waals surface area contributed by atoms with Gasteiger partial charge in [-0.1, -0.05) is 18.2 Å². The molecule has 1 heterocycles. The lowest BCUT2D eigenvalue weighted by molar-refractivity contribution is -0.142. The second-order valence-corrected chi connectivity index (χ2v) is 5.24. The van der Waals surface area contributed by atoms with Crippen LogP contribution in [-0.4, -0.2) is 47.6 Å². The number of amides is 1. The van der Waals surface area contributed by atoms with Crippen molar-refractivity contribution in [2.45, 2.75) is 13.8 Å². The SMILES string of the molecule is CCOC(=O)CN(C(=O)COC(=O)c1cnc(C)cn1)c1ccccc1. The van der Waals surface area contributed by atoms with Crippen LogP contribution in [0.3, 0.4) is 0 Å². The summed E-state index contributed by atoms with van der Waals surface area (Å²) in [7, 11) is 0. The Morgan fingerprint density at radius 2 is 1.77 bits per heavy atom. The van der Waals surface area contributed by atoms with Gasteiger partial charge >= 0.3 is 11.9 Å². The van der Waals surface area contributed by atoms with E-state index in [4.69, 9.17) is 9.47 Å². The first-order chi connectivity index (χ1) is 12.5. The lowest BCUT2D eigenvalue weighted by Crippen LogP contribution is -2.39. The number of aromatic nitrogens is 2. The Morgan fingerprint density at radius 3 is 2.38 bits per heavy atom. The molecule has 136 valence electrons. The van der Waals surface area contributed by atoms with Crippen molar-refractivity contribution in [3.63, 3.8) is 0 Å². The van der Waals surface area contributed by atoms with Gasteiger partial charge in [-0.05, 0) is 26.0 Å². The standard InChI is InChI=1S/C18H19N3O5/c1-3-25-17(23)11-21(14-7-5-4-6-8-14)16(22)12-26-18(24)15-10-19-13(2)9-20-15/h4-10H,3,11-12H2,1-2H3. The summed E-state index contributed by atoms with van der Waals surface area (Å²) >= 11 is 0. The van der Waals surface area contributed by atoms with E-state index in [1.165, 1.54) is 17.3 Å². The number of hydrogen-bond acceptors (Lipinski definition) is 7. The average Bonchev–Trinajstić information content (AvgIpc) is 2.65. The number of ether oxygens (including phenoxy) is 2. The lowest BCUT2D eigenvalue weighted by Gasteiger charge is -2.21. The summed E-state index contributed by atoms with van der Waals surface area (Å²) in [6.07, 6.45) is 2.70. The molecule has 0 bridgehead atoms. The third-order valence-electron chi connectivity index (χ3n) is 3.28. The van der Waals surface area contributed by atoms with E-state index < -0.39 is 24.5 Å². The quantitative estimate of drug-likeness (QED) is 0.693. The predicted octanol–water partition coefficient (Wildman–Crippen LogP) is 1.54. The second kappa shape index (κ2) is 9.26. The van der Waals surface area contributed by atoms with Gasteiger partial charge in [0.05, 0.1) is 18.5 Å². The molecule has 1 aromatic heterocycles. The van der Waals surface area contributed by atoms with E-state index in [2.05, 4.69) is 9.97 Å². The van der Waals surface area contributed by atoms with Crippen LogP contribution in [0.5, 0.6) is 0 Å². The number of aryl methyl sites for hydroxylation is 1. The van der Waals surface area contributed by atoms with Gasteiger partial charge in [0.15, 0.2) is 12.3 Å². The third-order valence-corrected chi connectivity index (χ3v) is 3.28. The maximum Gasteiger partial charge on any atom is 0.359 e. The molecule has 0 unspecified atom stereocenters. The minimum Gasteiger partial charge on any atom is -0.465 e. The number of benzene rings is 1. The van der Waals surface area contributed by atoms with Crippen LogP contribution in [0.25, 0.3) is 0 Å². The number of nitrogens with zero attached hydrogens (tertiary/aromatic N) is 3. The number of para-hydroxylation sites is 1. The molecular weight excluding hydrogens is 338 g/mol. The van der Waals surface area contributed by atoms with E-state index in [0.29, 0.717) is 11.4 Å². The summed E-state index contributed by atoms with van der Waals surface area (Å²) in [5, 5.41) is 0. The summed E-state index contributed by atoms with van der Waals surface area (Å²) in [5.74, 6) is -1.88. The van der Waals surface area contributed by atoms with Gasteiger partial charge in [-0.3, -0.25) is 19.5 Å². The zero-order valence-corrected chi connectivity index (χ0v) is 14.5. The zero-order chi connectivity index (χ0) is 18.9. The fourth-order valence-electron chi connectivity index (χ4n) is 2.04. The van der Waals surface area contributed by atoms with Gasteiger partial charge in [0.2, 0.25) is 0 Å². The molecule has 0 saturated carbocycles. The van der Waals surface area contributed by atoms with Crippen molar-refractivity contribution in [1.82, 2.24) is 9.97 Å². The highest BCUT2D eigenvalue weighted by Crippen LogP contribution is 2.14. The van der Waals surface area contributed by atoms with Gasteiger partial charge in [0.1, 0.15) is 6.54 Å². The van der Waals surface area contributed by atoms with Gasteiger partial charge in [0.25, 0.3) is 5.91 Å². The molecule has 8 nitrogen and oxygen atoms in total. The molecule has 0 radical (unpaired) electrons. The summed E-state index contributed by atoms with van der Waals surface area (Å²) in [5.41, 5.74) is 1.15. The Bertz CT molecular complexity index is 762. The maximum atomic E-state index is 12.5. The van der Waals surface area contributed by atoms with Gasteiger partial charge in [0, 0.05) is 11.9 Å². The van der Waals surface area contributed by atoms with E-state index >= 15 is 0 Å². The third kappa shape index (κ3) is 5.37. The minimum absolute atomic E-state index is 0.0000498. The molecule has 0 atom stereocenters. The first-order valence-corrected chi connectivity index (χ1v) is 7.98. The van der Waals surface area contributed by atoms with Crippen LogP contribution in [-0.2, 0) is 19.1 Å². The van der Waals surface area contributed by atoms with Crippen LogP contribution in [0.2, 0.25) is 0 Å². The average molecular weight is 357 g/mol. The van der Waals surface area contributed by atoms with Crippen molar-refractivity contribution in [3.8, 4) is 0 Å². The van der Waals surface area contributed by atoms with Crippen LogP contribution >= 0.6 is 0 Å². The van der Waals surface area contributed by atoms with E-state index in [9.17, 15) is 14.4 Å². The molecule has 2 aromatic rings. The second-order valence-electron chi connectivity index (χ2n) is 5.24. The van der Waals surface area contributed by atoms with Crippen molar-refractivity contribution in [1.29, 1.82) is 0 Å². The topological polar surface area (TPSA) is 98.7 Å². The van der Waals surface area contributed by atoms with Crippen molar-refractivity contribution in [2.75, 3.05) is 24.7 Å². The monoisotopic (exact) mass is 357 g/mol. The van der Waals surface area contributed by atoms with Crippen LogP contribution in [0, 0.1) is 6.92 Å². The first-order valence-electron chi connectivity index (χ1n) is 7.98. The van der Waals surface area contributed by atoms with Gasteiger partial charge in [-0.15, -0.1) is 0 Å². The molecule has 1 aromatic carbocycles. The van der Waals surface area contributed by atoms with Crippen molar-refractivity contribution in [2.24, 2.45) is 0 Å². The Balaban J connectivity index is 2.04.